The predicted octanol–water partition coefficient (Wildman–Crippen LogP) is 1.45. The van der Waals surface area contributed by atoms with E-state index in [2.05, 4.69) is 4.98 Å². The Morgan fingerprint density at radius 2 is 2.27 bits per heavy atom. The molecule has 0 saturated carbocycles. The number of nitro groups is 1. The summed E-state index contributed by atoms with van der Waals surface area (Å²) in [6.45, 7) is 2.53. The third-order valence-corrected chi connectivity index (χ3v) is 2.07. The molecule has 1 aromatic heterocycles. The number of ether oxygens (including phenoxy) is 1. The number of pyridine rings is 1. The maximum Gasteiger partial charge on any atom is 0.311 e. The van der Waals surface area contributed by atoms with Crippen LogP contribution in [0.2, 0.25) is 0 Å². The van der Waals surface area contributed by atoms with E-state index >= 15 is 0 Å². The summed E-state index contributed by atoms with van der Waals surface area (Å²) in [5, 5.41) is 10.7. The van der Waals surface area contributed by atoms with E-state index in [0.29, 0.717) is 18.2 Å². The maximum absolute atomic E-state index is 10.7. The molecule has 0 amide bonds. The maximum atomic E-state index is 10.7. The van der Waals surface area contributed by atoms with Crippen LogP contribution in [0.5, 0.6) is 5.88 Å². The number of rotatable bonds is 4. The van der Waals surface area contributed by atoms with Crippen LogP contribution in [0.3, 0.4) is 0 Å². The summed E-state index contributed by atoms with van der Waals surface area (Å²) in [7, 11) is 3.22. The number of aromatic nitrogens is 1. The monoisotopic (exact) mass is 211 g/mol. The fourth-order valence-electron chi connectivity index (χ4n) is 1.11. The number of hydrogen-bond acceptors (Lipinski definition) is 5. The molecule has 0 bridgehead atoms. The second-order valence-electron chi connectivity index (χ2n) is 2.97. The summed E-state index contributed by atoms with van der Waals surface area (Å²) in [4.78, 5) is 16.0. The fourth-order valence-corrected chi connectivity index (χ4v) is 1.11. The molecule has 0 N–H and O–H groups in total. The molecule has 1 heterocycles. The van der Waals surface area contributed by atoms with Crippen molar-refractivity contribution in [2.24, 2.45) is 0 Å². The lowest BCUT2D eigenvalue weighted by Crippen LogP contribution is -2.18. The molecule has 0 aliphatic carbocycles. The van der Waals surface area contributed by atoms with E-state index < -0.39 is 4.92 Å². The van der Waals surface area contributed by atoms with Gasteiger partial charge in [-0.05, 0) is 6.92 Å². The molecule has 6 heteroatoms. The number of hydrogen-bond donors (Lipinski definition) is 0. The predicted molar refractivity (Wildman–Crippen MR) is 56.4 cm³/mol. The molecule has 1 rings (SSSR count). The zero-order valence-corrected chi connectivity index (χ0v) is 8.93. The number of methoxy groups -OCH3 is 1. The van der Waals surface area contributed by atoms with Crippen LogP contribution in [0, 0.1) is 10.1 Å². The molecule has 15 heavy (non-hydrogen) atoms. The summed E-state index contributed by atoms with van der Waals surface area (Å²) < 4.78 is 4.92. The van der Waals surface area contributed by atoms with Crippen LogP contribution in [0.1, 0.15) is 6.92 Å². The first-order valence-corrected chi connectivity index (χ1v) is 4.50. The van der Waals surface area contributed by atoms with E-state index in [1.165, 1.54) is 19.2 Å². The van der Waals surface area contributed by atoms with Crippen molar-refractivity contribution in [2.45, 2.75) is 6.92 Å². The van der Waals surface area contributed by atoms with Gasteiger partial charge in [-0.2, -0.15) is 4.98 Å². The highest BCUT2D eigenvalue weighted by Crippen LogP contribution is 2.27. The average Bonchev–Trinajstić information content (AvgIpc) is 2.26. The Hall–Kier alpha value is -1.85. The molecule has 0 aliphatic rings. The van der Waals surface area contributed by atoms with Gasteiger partial charge < -0.3 is 9.64 Å². The Balaban J connectivity index is 3.22. The largest absolute Gasteiger partial charge is 0.481 e. The average molecular weight is 211 g/mol. The topological polar surface area (TPSA) is 68.5 Å². The summed E-state index contributed by atoms with van der Waals surface area (Å²) in [5.74, 6) is 0.692. The van der Waals surface area contributed by atoms with Crippen LogP contribution in [0.15, 0.2) is 12.1 Å². The minimum atomic E-state index is -0.450. The molecule has 0 saturated heterocycles. The lowest BCUT2D eigenvalue weighted by atomic mass is 10.3. The lowest BCUT2D eigenvalue weighted by Gasteiger charge is -2.15. The van der Waals surface area contributed by atoms with Gasteiger partial charge in [-0.25, -0.2) is 0 Å². The van der Waals surface area contributed by atoms with E-state index in [0.717, 1.165) is 0 Å². The molecule has 0 aromatic carbocycles. The Labute approximate surface area is 87.6 Å². The van der Waals surface area contributed by atoms with Crippen molar-refractivity contribution in [3.05, 3.63) is 22.2 Å². The number of anilines is 1. The second-order valence-corrected chi connectivity index (χ2v) is 2.97. The van der Waals surface area contributed by atoms with Crippen molar-refractivity contribution in [1.82, 2.24) is 4.98 Å². The number of nitrogens with zero attached hydrogens (tertiary/aromatic N) is 3. The van der Waals surface area contributed by atoms with Crippen LogP contribution in [-0.2, 0) is 0 Å². The molecule has 0 aliphatic heterocycles. The first kappa shape index (κ1) is 11.2. The zero-order valence-electron chi connectivity index (χ0n) is 8.93. The fraction of sp³-hybridized carbons (Fsp3) is 0.444. The Kier molecular flexibility index (Phi) is 3.43. The molecule has 82 valence electrons. The van der Waals surface area contributed by atoms with Gasteiger partial charge in [-0.1, -0.05) is 0 Å². The summed E-state index contributed by atoms with van der Waals surface area (Å²) in [6.07, 6.45) is 0. The summed E-state index contributed by atoms with van der Waals surface area (Å²) in [6, 6.07) is 2.87. The van der Waals surface area contributed by atoms with Crippen LogP contribution in [0.4, 0.5) is 11.5 Å². The summed E-state index contributed by atoms with van der Waals surface area (Å²) >= 11 is 0. The van der Waals surface area contributed by atoms with E-state index in [-0.39, 0.29) is 5.69 Å². The standard InChI is InChI=1S/C9H13N3O3/c1-4-11(2)9-7(12(13)14)5-6-8(10-9)15-3/h5-6H,4H2,1-3H3. The molecular weight excluding hydrogens is 198 g/mol. The third kappa shape index (κ3) is 2.34. The highest BCUT2D eigenvalue weighted by Gasteiger charge is 2.18. The van der Waals surface area contributed by atoms with Gasteiger partial charge >= 0.3 is 5.69 Å². The normalized spacial score (nSPS) is 9.80. The molecule has 6 nitrogen and oxygen atoms in total. The van der Waals surface area contributed by atoms with Crippen molar-refractivity contribution >= 4 is 11.5 Å². The first-order valence-electron chi connectivity index (χ1n) is 4.50. The minimum absolute atomic E-state index is 0.0137. The van der Waals surface area contributed by atoms with Crippen molar-refractivity contribution in [3.63, 3.8) is 0 Å². The van der Waals surface area contributed by atoms with Gasteiger partial charge in [-0.15, -0.1) is 0 Å². The SMILES string of the molecule is CCN(C)c1nc(OC)ccc1[N+](=O)[O-]. The first-order chi connectivity index (χ1) is 7.10. The van der Waals surface area contributed by atoms with Crippen LogP contribution >= 0.6 is 0 Å². The second kappa shape index (κ2) is 4.59. The van der Waals surface area contributed by atoms with E-state index in [1.807, 2.05) is 6.92 Å². The molecular formula is C9H13N3O3. The van der Waals surface area contributed by atoms with Crippen molar-refractivity contribution < 1.29 is 9.66 Å². The zero-order chi connectivity index (χ0) is 11.4. The van der Waals surface area contributed by atoms with Gasteiger partial charge in [0.05, 0.1) is 12.0 Å². The van der Waals surface area contributed by atoms with Crippen molar-refractivity contribution in [2.75, 3.05) is 25.6 Å². The molecule has 0 unspecified atom stereocenters. The molecule has 0 spiro atoms. The van der Waals surface area contributed by atoms with E-state index in [9.17, 15) is 10.1 Å². The van der Waals surface area contributed by atoms with Crippen LogP contribution < -0.4 is 9.64 Å². The molecule has 0 atom stereocenters. The molecule has 0 fully saturated rings. The van der Waals surface area contributed by atoms with Gasteiger partial charge in [-0.3, -0.25) is 10.1 Å². The Bertz CT molecular complexity index is 368. The van der Waals surface area contributed by atoms with E-state index in [4.69, 9.17) is 4.74 Å². The quantitative estimate of drug-likeness (QED) is 0.557. The van der Waals surface area contributed by atoms with Crippen LogP contribution in [0.25, 0.3) is 0 Å². The minimum Gasteiger partial charge on any atom is -0.481 e. The smallest absolute Gasteiger partial charge is 0.311 e. The third-order valence-electron chi connectivity index (χ3n) is 2.07. The summed E-state index contributed by atoms with van der Waals surface area (Å²) in [5.41, 5.74) is -0.0137. The van der Waals surface area contributed by atoms with Crippen molar-refractivity contribution in [1.29, 1.82) is 0 Å². The van der Waals surface area contributed by atoms with Gasteiger partial charge in [0.25, 0.3) is 0 Å². The van der Waals surface area contributed by atoms with Gasteiger partial charge in [0.15, 0.2) is 0 Å². The molecule has 1 aromatic rings. The molecule has 0 radical (unpaired) electrons. The highest BCUT2D eigenvalue weighted by atomic mass is 16.6. The van der Waals surface area contributed by atoms with Gasteiger partial charge in [0.1, 0.15) is 0 Å². The Morgan fingerprint density at radius 3 is 2.73 bits per heavy atom. The Morgan fingerprint density at radius 1 is 1.60 bits per heavy atom. The lowest BCUT2D eigenvalue weighted by molar-refractivity contribution is -0.384. The highest BCUT2D eigenvalue weighted by molar-refractivity contribution is 5.58. The van der Waals surface area contributed by atoms with E-state index in [1.54, 1.807) is 11.9 Å². The van der Waals surface area contributed by atoms with Gasteiger partial charge in [0.2, 0.25) is 11.7 Å². The van der Waals surface area contributed by atoms with Crippen LogP contribution in [-0.4, -0.2) is 30.6 Å². The van der Waals surface area contributed by atoms with Gasteiger partial charge in [0, 0.05) is 25.7 Å². The van der Waals surface area contributed by atoms with Crippen molar-refractivity contribution in [3.8, 4) is 5.88 Å².